The molecule has 0 aliphatic rings. The second-order valence-corrected chi connectivity index (χ2v) is 5.80. The number of halogens is 1. The predicted molar refractivity (Wildman–Crippen MR) is 97.4 cm³/mol. The van der Waals surface area contributed by atoms with E-state index in [2.05, 4.69) is 12.2 Å². The van der Waals surface area contributed by atoms with Crippen LogP contribution >= 0.6 is 11.6 Å². The fourth-order valence-electron chi connectivity index (χ4n) is 2.36. The van der Waals surface area contributed by atoms with Crippen molar-refractivity contribution in [1.29, 1.82) is 0 Å². The molecule has 0 saturated heterocycles. The topological polar surface area (TPSA) is 39.7 Å². The zero-order chi connectivity index (χ0) is 17.4. The molecule has 1 atom stereocenters. The minimum atomic E-state index is 0.103. The second-order valence-electron chi connectivity index (χ2n) is 5.39. The van der Waals surface area contributed by atoms with E-state index in [1.54, 1.807) is 20.3 Å². The monoisotopic (exact) mass is 349 g/mol. The summed E-state index contributed by atoms with van der Waals surface area (Å²) in [6.45, 7) is 3.47. The lowest BCUT2D eigenvalue weighted by atomic mass is 10.2. The van der Waals surface area contributed by atoms with Crippen LogP contribution in [-0.4, -0.2) is 26.9 Å². The van der Waals surface area contributed by atoms with Crippen LogP contribution in [0.25, 0.3) is 0 Å². The number of methoxy groups -OCH3 is 2. The summed E-state index contributed by atoms with van der Waals surface area (Å²) in [5.74, 6) is 2.19. The van der Waals surface area contributed by atoms with E-state index in [1.165, 1.54) is 0 Å². The first-order valence-corrected chi connectivity index (χ1v) is 8.38. The summed E-state index contributed by atoms with van der Waals surface area (Å²) in [6.07, 6.45) is 1.02. The molecule has 2 aromatic rings. The minimum Gasteiger partial charge on any atom is -0.493 e. The second kappa shape index (κ2) is 9.40. The third-order valence-electron chi connectivity index (χ3n) is 3.74. The van der Waals surface area contributed by atoms with Gasteiger partial charge in [0.05, 0.1) is 14.2 Å². The van der Waals surface area contributed by atoms with Gasteiger partial charge in [0.1, 0.15) is 11.9 Å². The summed E-state index contributed by atoms with van der Waals surface area (Å²) in [7, 11) is 3.21. The molecule has 0 aromatic heterocycles. The van der Waals surface area contributed by atoms with E-state index in [1.807, 2.05) is 36.4 Å². The van der Waals surface area contributed by atoms with Crippen LogP contribution in [0, 0.1) is 0 Å². The first-order chi connectivity index (χ1) is 11.7. The van der Waals surface area contributed by atoms with Crippen molar-refractivity contribution in [2.24, 2.45) is 0 Å². The Morgan fingerprint density at radius 1 is 1.04 bits per heavy atom. The Balaban J connectivity index is 1.92. The zero-order valence-electron chi connectivity index (χ0n) is 14.3. The molecule has 4 nitrogen and oxygen atoms in total. The third kappa shape index (κ3) is 5.05. The van der Waals surface area contributed by atoms with Crippen molar-refractivity contribution in [3.8, 4) is 17.2 Å². The fraction of sp³-hybridized carbons (Fsp3) is 0.368. The van der Waals surface area contributed by atoms with Gasteiger partial charge in [-0.25, -0.2) is 0 Å². The predicted octanol–water partition coefficient (Wildman–Crippen LogP) is 4.30. The van der Waals surface area contributed by atoms with E-state index < -0.39 is 0 Å². The Hall–Kier alpha value is -1.91. The van der Waals surface area contributed by atoms with Gasteiger partial charge in [0.2, 0.25) is 0 Å². The first kappa shape index (κ1) is 18.4. The molecule has 1 unspecified atom stereocenters. The summed E-state index contributed by atoms with van der Waals surface area (Å²) >= 11 is 6.31. The van der Waals surface area contributed by atoms with E-state index in [9.17, 15) is 0 Å². The van der Waals surface area contributed by atoms with Crippen LogP contribution in [0.2, 0.25) is 5.02 Å². The molecule has 0 amide bonds. The Labute approximate surface area is 148 Å². The van der Waals surface area contributed by atoms with E-state index in [4.69, 9.17) is 25.8 Å². The SMILES string of the molecule is CCC(CNCc1cc(OC)c(OC)cc1Cl)Oc1ccccc1. The highest BCUT2D eigenvalue weighted by molar-refractivity contribution is 6.31. The minimum absolute atomic E-state index is 0.103. The van der Waals surface area contributed by atoms with E-state index >= 15 is 0 Å². The maximum absolute atomic E-state index is 6.31. The van der Waals surface area contributed by atoms with Crippen molar-refractivity contribution in [2.75, 3.05) is 20.8 Å². The number of hydrogen-bond acceptors (Lipinski definition) is 4. The molecule has 0 aliphatic carbocycles. The maximum atomic E-state index is 6.31. The molecule has 0 fully saturated rings. The normalized spacial score (nSPS) is 11.8. The van der Waals surface area contributed by atoms with Gasteiger partial charge < -0.3 is 19.5 Å². The zero-order valence-corrected chi connectivity index (χ0v) is 15.1. The van der Waals surface area contributed by atoms with Crippen molar-refractivity contribution in [1.82, 2.24) is 5.32 Å². The van der Waals surface area contributed by atoms with Gasteiger partial charge >= 0.3 is 0 Å². The van der Waals surface area contributed by atoms with Crippen LogP contribution < -0.4 is 19.5 Å². The fourth-order valence-corrected chi connectivity index (χ4v) is 2.58. The first-order valence-electron chi connectivity index (χ1n) is 8.00. The highest BCUT2D eigenvalue weighted by Crippen LogP contribution is 2.32. The number of ether oxygens (including phenoxy) is 3. The smallest absolute Gasteiger partial charge is 0.162 e. The molecule has 1 N–H and O–H groups in total. The highest BCUT2D eigenvalue weighted by Gasteiger charge is 2.11. The van der Waals surface area contributed by atoms with Gasteiger partial charge in [0.15, 0.2) is 11.5 Å². The number of hydrogen-bond donors (Lipinski definition) is 1. The molecule has 0 spiro atoms. The molecule has 24 heavy (non-hydrogen) atoms. The Kier molecular flexibility index (Phi) is 7.22. The highest BCUT2D eigenvalue weighted by atomic mass is 35.5. The molecule has 0 bridgehead atoms. The number of benzene rings is 2. The van der Waals surface area contributed by atoms with Gasteiger partial charge in [-0.1, -0.05) is 36.7 Å². The average Bonchev–Trinajstić information content (AvgIpc) is 2.62. The quantitative estimate of drug-likeness (QED) is 0.732. The molecule has 0 saturated carbocycles. The van der Waals surface area contributed by atoms with Gasteiger partial charge in [0, 0.05) is 24.2 Å². The molecule has 0 aliphatic heterocycles. The van der Waals surface area contributed by atoms with Gasteiger partial charge in [0.25, 0.3) is 0 Å². The standard InChI is InChI=1S/C19H24ClNO3/c1-4-15(24-16-8-6-5-7-9-16)13-21-12-14-10-18(22-2)19(23-3)11-17(14)20/h5-11,15,21H,4,12-13H2,1-3H3. The third-order valence-corrected chi connectivity index (χ3v) is 4.09. The van der Waals surface area contributed by atoms with Gasteiger partial charge in [-0.05, 0) is 30.2 Å². The van der Waals surface area contributed by atoms with Crippen molar-refractivity contribution < 1.29 is 14.2 Å². The Morgan fingerprint density at radius 2 is 1.71 bits per heavy atom. The summed E-state index contributed by atoms with van der Waals surface area (Å²) in [5.41, 5.74) is 0.962. The van der Waals surface area contributed by atoms with E-state index in [0.717, 1.165) is 24.3 Å². The molecule has 130 valence electrons. The van der Waals surface area contributed by atoms with Crippen molar-refractivity contribution >= 4 is 11.6 Å². The molecular weight excluding hydrogens is 326 g/mol. The van der Waals surface area contributed by atoms with Crippen LogP contribution in [0.3, 0.4) is 0 Å². The lowest BCUT2D eigenvalue weighted by molar-refractivity contribution is 0.193. The number of para-hydroxylation sites is 1. The molecule has 0 heterocycles. The Morgan fingerprint density at radius 3 is 2.33 bits per heavy atom. The van der Waals surface area contributed by atoms with Crippen LogP contribution in [0.1, 0.15) is 18.9 Å². The van der Waals surface area contributed by atoms with Gasteiger partial charge in [-0.2, -0.15) is 0 Å². The van der Waals surface area contributed by atoms with E-state index in [-0.39, 0.29) is 6.10 Å². The van der Waals surface area contributed by atoms with E-state index in [0.29, 0.717) is 23.1 Å². The number of rotatable bonds is 9. The average molecular weight is 350 g/mol. The molecule has 0 radical (unpaired) electrons. The molecular formula is C19H24ClNO3. The summed E-state index contributed by atoms with van der Waals surface area (Å²) in [5, 5.41) is 4.05. The number of nitrogens with one attached hydrogen (secondary N) is 1. The van der Waals surface area contributed by atoms with Gasteiger partial charge in [-0.15, -0.1) is 0 Å². The van der Waals surface area contributed by atoms with Crippen molar-refractivity contribution in [3.63, 3.8) is 0 Å². The molecule has 2 rings (SSSR count). The lowest BCUT2D eigenvalue weighted by Gasteiger charge is -2.19. The lowest BCUT2D eigenvalue weighted by Crippen LogP contribution is -2.30. The largest absolute Gasteiger partial charge is 0.493 e. The molecule has 5 heteroatoms. The van der Waals surface area contributed by atoms with Crippen LogP contribution in [0.15, 0.2) is 42.5 Å². The Bertz CT molecular complexity index is 634. The summed E-state index contributed by atoms with van der Waals surface area (Å²) in [6, 6.07) is 13.5. The van der Waals surface area contributed by atoms with Crippen LogP contribution in [-0.2, 0) is 6.54 Å². The van der Waals surface area contributed by atoms with Crippen molar-refractivity contribution in [2.45, 2.75) is 26.0 Å². The van der Waals surface area contributed by atoms with Crippen LogP contribution in [0.4, 0.5) is 0 Å². The van der Waals surface area contributed by atoms with Crippen molar-refractivity contribution in [3.05, 3.63) is 53.1 Å². The van der Waals surface area contributed by atoms with Crippen LogP contribution in [0.5, 0.6) is 17.2 Å². The van der Waals surface area contributed by atoms with Gasteiger partial charge in [-0.3, -0.25) is 0 Å². The summed E-state index contributed by atoms with van der Waals surface area (Å²) in [4.78, 5) is 0. The summed E-state index contributed by atoms with van der Waals surface area (Å²) < 4.78 is 16.5. The molecule has 2 aromatic carbocycles. The maximum Gasteiger partial charge on any atom is 0.162 e.